The lowest BCUT2D eigenvalue weighted by Crippen LogP contribution is -2.57. The zero-order valence-electron chi connectivity index (χ0n) is 28.9. The number of para-hydroxylation sites is 1. The van der Waals surface area contributed by atoms with Gasteiger partial charge in [-0.15, -0.1) is 0 Å². The molecule has 12 nitrogen and oxygen atoms in total. The van der Waals surface area contributed by atoms with Crippen LogP contribution in [0, 0.1) is 5.92 Å². The Kier molecular flexibility index (Phi) is 11.4. The summed E-state index contributed by atoms with van der Waals surface area (Å²) >= 11 is 6.17. The highest BCUT2D eigenvalue weighted by Crippen LogP contribution is 2.39. The fourth-order valence-electron chi connectivity index (χ4n) is 8.08. The van der Waals surface area contributed by atoms with Crippen LogP contribution in [0.25, 0.3) is 0 Å². The third-order valence-electron chi connectivity index (χ3n) is 10.9. The minimum Gasteiger partial charge on any atom is -0.465 e. The number of piperazine rings is 1. The van der Waals surface area contributed by atoms with Crippen molar-refractivity contribution in [2.75, 3.05) is 63.4 Å². The number of nitrogens with zero attached hydrogens (tertiary/aromatic N) is 5. The monoisotopic (exact) mass is 747 g/mol. The van der Waals surface area contributed by atoms with E-state index in [0.29, 0.717) is 84.5 Å². The topological polar surface area (TPSA) is 143 Å². The number of fused-ring (bicyclic) bond motifs is 1. The third-order valence-corrected chi connectivity index (χ3v) is 11.2. The molecule has 4 N–H and O–H groups in total. The van der Waals surface area contributed by atoms with E-state index in [1.54, 1.807) is 14.7 Å². The zero-order chi connectivity index (χ0) is 37.2. The van der Waals surface area contributed by atoms with Crippen molar-refractivity contribution in [2.24, 2.45) is 5.92 Å². The molecule has 2 aromatic carbocycles. The first kappa shape index (κ1) is 37.5. The lowest BCUT2D eigenvalue weighted by molar-refractivity contribution is -0.146. The van der Waals surface area contributed by atoms with Crippen molar-refractivity contribution in [3.63, 3.8) is 0 Å². The standard InChI is InChI=1S/C36H45ClF3N7O5/c37-28-21-23(20-27(32(28)41)36(38,39)40)19-25(33(49)44-12-9-26(10-13-44)43-15-17-45(18-16-43)35(51)52)22-31(48)46-11-4-3-7-30(46)47-14-8-24-5-1-2-6-29(24)42-34(47)50/h1-2,5-6,20-21,25-26,30H,3-4,7-19,22,41H2,(H,42,50)(H,51,52)/t25-,30?/m0/s1. The number of nitrogen functional groups attached to an aromatic ring is 1. The molecule has 3 fully saturated rings. The second-order valence-corrected chi connectivity index (χ2v) is 14.5. The molecule has 0 radical (unpaired) electrons. The molecule has 0 aromatic heterocycles. The van der Waals surface area contributed by atoms with Gasteiger partial charge in [-0.05, 0) is 74.3 Å². The summed E-state index contributed by atoms with van der Waals surface area (Å²) in [7, 11) is 0. The maximum absolute atomic E-state index is 14.3. The summed E-state index contributed by atoms with van der Waals surface area (Å²) in [4.78, 5) is 62.0. The number of likely N-dealkylation sites (tertiary alicyclic amines) is 2. The van der Waals surface area contributed by atoms with Crippen LogP contribution in [0.3, 0.4) is 0 Å². The average molecular weight is 748 g/mol. The predicted molar refractivity (Wildman–Crippen MR) is 189 cm³/mol. The average Bonchev–Trinajstić information content (AvgIpc) is 3.30. The molecule has 16 heteroatoms. The number of rotatable bonds is 7. The van der Waals surface area contributed by atoms with E-state index in [4.69, 9.17) is 17.3 Å². The van der Waals surface area contributed by atoms with Gasteiger partial charge < -0.3 is 35.8 Å². The molecule has 0 aliphatic carbocycles. The number of carbonyl (C=O) groups excluding carboxylic acids is 3. The van der Waals surface area contributed by atoms with Gasteiger partial charge in [0.15, 0.2) is 0 Å². The van der Waals surface area contributed by atoms with Crippen molar-refractivity contribution in [3.05, 3.63) is 58.1 Å². The summed E-state index contributed by atoms with van der Waals surface area (Å²) in [5.74, 6) is -1.67. The minimum atomic E-state index is -4.77. The summed E-state index contributed by atoms with van der Waals surface area (Å²) in [5.41, 5.74) is 5.85. The van der Waals surface area contributed by atoms with Gasteiger partial charge in [0.05, 0.1) is 22.2 Å². The highest BCUT2D eigenvalue weighted by Gasteiger charge is 2.39. The van der Waals surface area contributed by atoms with Gasteiger partial charge in [0, 0.05) is 70.5 Å². The molecule has 4 aliphatic rings. The summed E-state index contributed by atoms with van der Waals surface area (Å²) in [6.07, 6.45) is -2.71. The minimum absolute atomic E-state index is 0.142. The molecule has 2 atom stereocenters. The number of nitrogens with one attached hydrogen (secondary N) is 1. The van der Waals surface area contributed by atoms with Crippen LogP contribution in [0.5, 0.6) is 0 Å². The number of hydrogen-bond acceptors (Lipinski definition) is 6. The van der Waals surface area contributed by atoms with Crippen molar-refractivity contribution in [1.82, 2.24) is 24.5 Å². The summed E-state index contributed by atoms with van der Waals surface area (Å²) < 4.78 is 41.8. The molecule has 0 saturated carbocycles. The highest BCUT2D eigenvalue weighted by atomic mass is 35.5. The fraction of sp³-hybridized carbons (Fsp3) is 0.556. The van der Waals surface area contributed by atoms with E-state index in [2.05, 4.69) is 10.2 Å². The maximum atomic E-state index is 14.3. The number of carboxylic acid groups (broad SMARTS) is 1. The van der Waals surface area contributed by atoms with Crippen LogP contribution in [-0.4, -0.2) is 118 Å². The highest BCUT2D eigenvalue weighted by molar-refractivity contribution is 6.33. The van der Waals surface area contributed by atoms with Crippen molar-refractivity contribution in [1.29, 1.82) is 0 Å². The van der Waals surface area contributed by atoms with Crippen LogP contribution in [0.4, 0.5) is 34.1 Å². The van der Waals surface area contributed by atoms with Crippen molar-refractivity contribution < 1.29 is 37.5 Å². The van der Waals surface area contributed by atoms with Gasteiger partial charge >= 0.3 is 18.3 Å². The first-order valence-electron chi connectivity index (χ1n) is 17.9. The number of carbonyl (C=O) groups is 4. The first-order chi connectivity index (χ1) is 24.8. The Hall–Kier alpha value is -4.24. The van der Waals surface area contributed by atoms with E-state index in [-0.39, 0.29) is 47.3 Å². The van der Waals surface area contributed by atoms with Crippen molar-refractivity contribution in [2.45, 2.75) is 69.8 Å². The number of anilines is 2. The van der Waals surface area contributed by atoms with Gasteiger partial charge in [-0.1, -0.05) is 29.8 Å². The van der Waals surface area contributed by atoms with Gasteiger partial charge in [0.1, 0.15) is 6.17 Å². The molecule has 4 heterocycles. The Labute approximate surface area is 305 Å². The van der Waals surface area contributed by atoms with Gasteiger partial charge in [-0.2, -0.15) is 13.2 Å². The van der Waals surface area contributed by atoms with E-state index in [1.165, 1.54) is 11.0 Å². The van der Waals surface area contributed by atoms with Gasteiger partial charge in [0.25, 0.3) is 0 Å². The molecule has 3 saturated heterocycles. The van der Waals surface area contributed by atoms with E-state index < -0.39 is 35.6 Å². The van der Waals surface area contributed by atoms with E-state index in [1.807, 2.05) is 24.3 Å². The van der Waals surface area contributed by atoms with Crippen LogP contribution >= 0.6 is 11.6 Å². The number of nitrogens with two attached hydrogens (primary N) is 1. The van der Waals surface area contributed by atoms with E-state index in [0.717, 1.165) is 23.7 Å². The zero-order valence-corrected chi connectivity index (χ0v) is 29.7. The molecule has 4 aliphatic heterocycles. The Bertz CT molecular complexity index is 1660. The second-order valence-electron chi connectivity index (χ2n) is 14.1. The molecule has 5 amide bonds. The number of piperidine rings is 2. The summed E-state index contributed by atoms with van der Waals surface area (Å²) in [5, 5.41) is 12.0. The first-order valence-corrected chi connectivity index (χ1v) is 18.3. The van der Waals surface area contributed by atoms with Crippen LogP contribution in [0.2, 0.25) is 5.02 Å². The molecule has 6 rings (SSSR count). The number of benzene rings is 2. The van der Waals surface area contributed by atoms with Crippen molar-refractivity contribution in [3.8, 4) is 0 Å². The molecular formula is C36H45ClF3N7O5. The SMILES string of the molecule is Nc1c(Cl)cc(C[C@@H](CC(=O)N2CCCCC2N2CCc3ccccc3NC2=O)C(=O)N2CCC(N3CCN(C(=O)O)CC3)CC2)cc1C(F)(F)F. The third kappa shape index (κ3) is 8.35. The number of halogens is 4. The Morgan fingerprint density at radius 2 is 1.65 bits per heavy atom. The molecule has 1 unspecified atom stereocenters. The van der Waals surface area contributed by atoms with Gasteiger partial charge in [-0.25, -0.2) is 9.59 Å². The Morgan fingerprint density at radius 3 is 2.35 bits per heavy atom. The largest absolute Gasteiger partial charge is 0.465 e. The second kappa shape index (κ2) is 15.8. The molecular weight excluding hydrogens is 703 g/mol. The fourth-order valence-corrected chi connectivity index (χ4v) is 8.32. The smallest absolute Gasteiger partial charge is 0.418 e. The quantitative estimate of drug-likeness (QED) is 0.331. The number of urea groups is 1. The Balaban J connectivity index is 1.20. The van der Waals surface area contributed by atoms with Crippen LogP contribution < -0.4 is 11.1 Å². The Morgan fingerprint density at radius 1 is 0.942 bits per heavy atom. The molecule has 52 heavy (non-hydrogen) atoms. The van der Waals surface area contributed by atoms with Crippen molar-refractivity contribution >= 4 is 46.9 Å². The van der Waals surface area contributed by atoms with E-state index >= 15 is 0 Å². The van der Waals surface area contributed by atoms with Crippen LogP contribution in [-0.2, 0) is 28.6 Å². The molecule has 0 bridgehead atoms. The lowest BCUT2D eigenvalue weighted by Gasteiger charge is -2.43. The van der Waals surface area contributed by atoms with Gasteiger partial charge in [0.2, 0.25) is 11.8 Å². The molecule has 282 valence electrons. The van der Waals surface area contributed by atoms with Crippen LogP contribution in [0.1, 0.15) is 55.2 Å². The normalized spacial score (nSPS) is 21.3. The number of amides is 5. The number of alkyl halides is 3. The predicted octanol–water partition coefficient (Wildman–Crippen LogP) is 5.21. The van der Waals surface area contributed by atoms with Gasteiger partial charge in [-0.3, -0.25) is 14.5 Å². The summed E-state index contributed by atoms with van der Waals surface area (Å²) in [6.45, 7) is 3.57. The van der Waals surface area contributed by atoms with E-state index in [9.17, 15) is 37.5 Å². The van der Waals surface area contributed by atoms with Crippen LogP contribution in [0.15, 0.2) is 36.4 Å². The molecule has 2 aromatic rings. The maximum Gasteiger partial charge on any atom is 0.418 e. The number of hydrogen-bond donors (Lipinski definition) is 3. The lowest BCUT2D eigenvalue weighted by atomic mass is 9.91. The molecule has 0 spiro atoms. The summed E-state index contributed by atoms with van der Waals surface area (Å²) in [6, 6.07) is 9.61.